The number of benzene rings is 2. The summed E-state index contributed by atoms with van der Waals surface area (Å²) in [6.07, 6.45) is 0. The molecule has 104 valence electrons. The summed E-state index contributed by atoms with van der Waals surface area (Å²) in [5, 5.41) is 3.65. The number of halogens is 1. The smallest absolute Gasteiger partial charge is 0.128 e. The van der Waals surface area contributed by atoms with Gasteiger partial charge >= 0.3 is 0 Å². The van der Waals surface area contributed by atoms with Crippen molar-refractivity contribution in [3.05, 3.63) is 57.2 Å². The second-order valence-electron chi connectivity index (χ2n) is 5.78. The van der Waals surface area contributed by atoms with Crippen LogP contribution in [0.1, 0.15) is 31.0 Å². The molecule has 0 saturated heterocycles. The summed E-state index contributed by atoms with van der Waals surface area (Å²) in [6.45, 7) is 6.40. The van der Waals surface area contributed by atoms with Crippen molar-refractivity contribution in [1.29, 1.82) is 0 Å². The number of aryl methyl sites for hydroxylation is 1. The molecule has 3 heteroatoms. The van der Waals surface area contributed by atoms with Crippen molar-refractivity contribution in [2.75, 3.05) is 5.32 Å². The second kappa shape index (κ2) is 4.95. The van der Waals surface area contributed by atoms with Crippen molar-refractivity contribution in [2.45, 2.75) is 32.4 Å². The van der Waals surface area contributed by atoms with Crippen LogP contribution in [0.5, 0.6) is 5.75 Å². The Labute approximate surface area is 133 Å². The third kappa shape index (κ3) is 2.39. The molecule has 1 unspecified atom stereocenters. The molecule has 0 spiro atoms. The van der Waals surface area contributed by atoms with Gasteiger partial charge in [-0.3, -0.25) is 0 Å². The standard InChI is InChI=1S/C17H18INO/c1-11-10-12(18)8-9-14(11)19-16-13-6-4-5-7-15(13)20-17(16,2)3/h4-10,16,19H,1-3H3. The van der Waals surface area contributed by atoms with Crippen LogP contribution < -0.4 is 10.1 Å². The number of rotatable bonds is 2. The first-order valence-electron chi connectivity index (χ1n) is 6.78. The monoisotopic (exact) mass is 379 g/mol. The molecule has 1 N–H and O–H groups in total. The topological polar surface area (TPSA) is 21.3 Å². The first kappa shape index (κ1) is 13.7. The van der Waals surface area contributed by atoms with E-state index >= 15 is 0 Å². The molecule has 0 radical (unpaired) electrons. The Morgan fingerprint density at radius 2 is 1.90 bits per heavy atom. The molecule has 2 nitrogen and oxygen atoms in total. The Kier molecular flexibility index (Phi) is 3.40. The van der Waals surface area contributed by atoms with Crippen molar-refractivity contribution in [2.24, 2.45) is 0 Å². The Morgan fingerprint density at radius 3 is 2.65 bits per heavy atom. The average Bonchev–Trinajstić information content (AvgIpc) is 2.63. The molecule has 0 fully saturated rings. The van der Waals surface area contributed by atoms with Crippen molar-refractivity contribution in [3.8, 4) is 5.75 Å². The molecule has 0 amide bonds. The second-order valence-corrected chi connectivity index (χ2v) is 7.03. The highest BCUT2D eigenvalue weighted by Gasteiger charge is 2.41. The SMILES string of the molecule is Cc1cc(I)ccc1NC1c2ccccc2OC1(C)C. The fourth-order valence-corrected chi connectivity index (χ4v) is 3.37. The van der Waals surface area contributed by atoms with Gasteiger partial charge in [0.1, 0.15) is 11.4 Å². The van der Waals surface area contributed by atoms with Crippen LogP contribution in [-0.2, 0) is 0 Å². The number of hydrogen-bond donors (Lipinski definition) is 1. The van der Waals surface area contributed by atoms with Gasteiger partial charge in [-0.25, -0.2) is 0 Å². The molecule has 0 aliphatic carbocycles. The van der Waals surface area contributed by atoms with Crippen LogP contribution >= 0.6 is 22.6 Å². The number of fused-ring (bicyclic) bond motifs is 1. The van der Waals surface area contributed by atoms with Gasteiger partial charge in [0.05, 0.1) is 6.04 Å². The van der Waals surface area contributed by atoms with Crippen LogP contribution in [0, 0.1) is 10.5 Å². The lowest BCUT2D eigenvalue weighted by molar-refractivity contribution is 0.118. The fraction of sp³-hybridized carbons (Fsp3) is 0.294. The quantitative estimate of drug-likeness (QED) is 0.748. The largest absolute Gasteiger partial charge is 0.485 e. The van der Waals surface area contributed by atoms with E-state index in [1.54, 1.807) is 0 Å². The highest BCUT2D eigenvalue weighted by atomic mass is 127. The van der Waals surface area contributed by atoms with Gasteiger partial charge in [0.2, 0.25) is 0 Å². The van der Waals surface area contributed by atoms with Crippen LogP contribution in [0.2, 0.25) is 0 Å². The summed E-state index contributed by atoms with van der Waals surface area (Å²) in [7, 11) is 0. The van der Waals surface area contributed by atoms with Gasteiger partial charge in [-0.1, -0.05) is 18.2 Å². The molecule has 0 aromatic heterocycles. The average molecular weight is 379 g/mol. The van der Waals surface area contributed by atoms with Crippen LogP contribution in [0.4, 0.5) is 5.69 Å². The van der Waals surface area contributed by atoms with Gasteiger partial charge < -0.3 is 10.1 Å². The molecule has 1 heterocycles. The van der Waals surface area contributed by atoms with Crippen LogP contribution in [0.25, 0.3) is 0 Å². The third-order valence-electron chi connectivity index (χ3n) is 3.79. The van der Waals surface area contributed by atoms with Crippen molar-refractivity contribution in [3.63, 3.8) is 0 Å². The molecule has 20 heavy (non-hydrogen) atoms. The zero-order valence-corrected chi connectivity index (χ0v) is 14.1. The fourth-order valence-electron chi connectivity index (χ4n) is 2.72. The summed E-state index contributed by atoms with van der Waals surface area (Å²) in [5.74, 6) is 0.984. The third-order valence-corrected chi connectivity index (χ3v) is 4.46. The van der Waals surface area contributed by atoms with Crippen LogP contribution in [-0.4, -0.2) is 5.60 Å². The number of hydrogen-bond acceptors (Lipinski definition) is 2. The van der Waals surface area contributed by atoms with Crippen LogP contribution in [0.15, 0.2) is 42.5 Å². The van der Waals surface area contributed by atoms with Gasteiger partial charge in [-0.2, -0.15) is 0 Å². The first-order chi connectivity index (χ1) is 9.47. The van der Waals surface area contributed by atoms with E-state index in [4.69, 9.17) is 4.74 Å². The Hall–Kier alpha value is -1.23. The van der Waals surface area contributed by atoms with E-state index in [0.29, 0.717) is 0 Å². The van der Waals surface area contributed by atoms with Gasteiger partial charge in [0.25, 0.3) is 0 Å². The van der Waals surface area contributed by atoms with Gasteiger partial charge in [0, 0.05) is 14.8 Å². The van der Waals surface area contributed by atoms with E-state index in [2.05, 4.69) is 79.0 Å². The van der Waals surface area contributed by atoms with Crippen molar-refractivity contribution in [1.82, 2.24) is 0 Å². The molecule has 1 atom stereocenters. The van der Waals surface area contributed by atoms with Gasteiger partial charge in [-0.05, 0) is 73.2 Å². The van der Waals surface area contributed by atoms with Crippen molar-refractivity contribution < 1.29 is 4.74 Å². The maximum Gasteiger partial charge on any atom is 0.128 e. The van der Waals surface area contributed by atoms with E-state index in [1.165, 1.54) is 20.4 Å². The summed E-state index contributed by atoms with van der Waals surface area (Å²) in [5.41, 5.74) is 3.41. The Morgan fingerprint density at radius 1 is 1.15 bits per heavy atom. The minimum Gasteiger partial charge on any atom is -0.485 e. The highest BCUT2D eigenvalue weighted by Crippen LogP contribution is 2.44. The summed E-state index contributed by atoms with van der Waals surface area (Å²) >= 11 is 2.34. The minimum absolute atomic E-state index is 0.164. The predicted octanol–water partition coefficient (Wildman–Crippen LogP) is 4.92. The highest BCUT2D eigenvalue weighted by molar-refractivity contribution is 14.1. The minimum atomic E-state index is -0.251. The number of nitrogens with one attached hydrogen (secondary N) is 1. The number of ether oxygens (including phenoxy) is 1. The number of anilines is 1. The van der Waals surface area contributed by atoms with E-state index in [1.807, 2.05) is 12.1 Å². The van der Waals surface area contributed by atoms with Gasteiger partial charge in [0.15, 0.2) is 0 Å². The summed E-state index contributed by atoms with van der Waals surface area (Å²) < 4.78 is 7.34. The Bertz CT molecular complexity index is 651. The lowest BCUT2D eigenvalue weighted by Gasteiger charge is -2.28. The van der Waals surface area contributed by atoms with E-state index in [9.17, 15) is 0 Å². The molecular weight excluding hydrogens is 361 g/mol. The Balaban J connectivity index is 1.97. The molecule has 0 bridgehead atoms. The normalized spacial score (nSPS) is 19.3. The molecule has 3 rings (SSSR count). The molecular formula is C17H18INO. The molecule has 1 aliphatic heterocycles. The van der Waals surface area contributed by atoms with E-state index in [0.717, 1.165) is 5.75 Å². The summed E-state index contributed by atoms with van der Waals surface area (Å²) in [4.78, 5) is 0. The molecule has 2 aromatic carbocycles. The molecule has 2 aromatic rings. The van der Waals surface area contributed by atoms with E-state index < -0.39 is 0 Å². The first-order valence-corrected chi connectivity index (χ1v) is 7.86. The zero-order chi connectivity index (χ0) is 14.3. The maximum atomic E-state index is 6.08. The molecule has 0 saturated carbocycles. The van der Waals surface area contributed by atoms with Crippen molar-refractivity contribution >= 4 is 28.3 Å². The summed E-state index contributed by atoms with van der Waals surface area (Å²) in [6, 6.07) is 14.9. The molecule has 1 aliphatic rings. The predicted molar refractivity (Wildman–Crippen MR) is 91.4 cm³/mol. The van der Waals surface area contributed by atoms with Gasteiger partial charge in [-0.15, -0.1) is 0 Å². The van der Waals surface area contributed by atoms with E-state index in [-0.39, 0.29) is 11.6 Å². The lowest BCUT2D eigenvalue weighted by Crippen LogP contribution is -2.34. The number of para-hydroxylation sites is 1. The maximum absolute atomic E-state index is 6.08. The van der Waals surface area contributed by atoms with Crippen LogP contribution in [0.3, 0.4) is 0 Å². The zero-order valence-electron chi connectivity index (χ0n) is 11.9. The lowest BCUT2D eigenvalue weighted by atomic mass is 9.94.